The normalized spacial score (nSPS) is 20.2. The molecule has 3 rings (SSSR count). The van der Waals surface area contributed by atoms with Crippen LogP contribution in [0.1, 0.15) is 44.7 Å². The fourth-order valence-corrected chi connectivity index (χ4v) is 3.00. The second-order valence-corrected chi connectivity index (χ2v) is 5.83. The topological polar surface area (TPSA) is 54.8 Å². The van der Waals surface area contributed by atoms with E-state index in [-0.39, 0.29) is 11.5 Å². The zero-order valence-electron chi connectivity index (χ0n) is 12.4. The highest BCUT2D eigenvalue weighted by atomic mass is 16.7. The fraction of sp³-hybridized carbons (Fsp3) is 0.562. The Hall–Kier alpha value is -1.91. The van der Waals surface area contributed by atoms with Crippen molar-refractivity contribution >= 4 is 11.6 Å². The SMILES string of the molecule is CCCC(=O)N1CCC2(CC1)CC(c1ccccn1)=NO2. The van der Waals surface area contributed by atoms with Crippen molar-refractivity contribution in [2.45, 2.75) is 44.6 Å². The van der Waals surface area contributed by atoms with Crippen molar-refractivity contribution in [3.63, 3.8) is 0 Å². The molecular formula is C16H21N3O2. The van der Waals surface area contributed by atoms with E-state index in [4.69, 9.17) is 4.84 Å². The minimum Gasteiger partial charge on any atom is -0.388 e. The predicted octanol–water partition coefficient (Wildman–Crippen LogP) is 2.37. The molecule has 1 amide bonds. The quantitative estimate of drug-likeness (QED) is 0.857. The van der Waals surface area contributed by atoms with E-state index in [0.717, 1.165) is 50.2 Å². The molecule has 0 unspecified atom stereocenters. The number of piperidine rings is 1. The van der Waals surface area contributed by atoms with Crippen LogP contribution in [0, 0.1) is 0 Å². The summed E-state index contributed by atoms with van der Waals surface area (Å²) in [5, 5.41) is 4.24. The molecule has 1 aromatic rings. The van der Waals surface area contributed by atoms with Gasteiger partial charge in [-0.2, -0.15) is 0 Å². The molecule has 21 heavy (non-hydrogen) atoms. The highest BCUT2D eigenvalue weighted by Gasteiger charge is 2.43. The molecule has 1 saturated heterocycles. The molecule has 0 N–H and O–H groups in total. The summed E-state index contributed by atoms with van der Waals surface area (Å²) in [7, 11) is 0. The Balaban J connectivity index is 1.59. The summed E-state index contributed by atoms with van der Waals surface area (Å²) >= 11 is 0. The number of oxime groups is 1. The standard InChI is InChI=1S/C16H21N3O2/c1-2-5-15(20)19-10-7-16(8-11-19)12-14(18-21-16)13-6-3-4-9-17-13/h3-4,6,9H,2,5,7-8,10-12H2,1H3. The van der Waals surface area contributed by atoms with Crippen LogP contribution in [-0.2, 0) is 9.63 Å². The minimum atomic E-state index is -0.226. The lowest BCUT2D eigenvalue weighted by molar-refractivity contribution is -0.136. The van der Waals surface area contributed by atoms with Gasteiger partial charge in [-0.25, -0.2) is 0 Å². The van der Waals surface area contributed by atoms with E-state index in [1.54, 1.807) is 6.20 Å². The van der Waals surface area contributed by atoms with Gasteiger partial charge in [0.2, 0.25) is 5.91 Å². The second-order valence-electron chi connectivity index (χ2n) is 5.83. The first-order valence-corrected chi connectivity index (χ1v) is 7.67. The molecule has 2 aliphatic rings. The van der Waals surface area contributed by atoms with Gasteiger partial charge in [0.25, 0.3) is 0 Å². The molecular weight excluding hydrogens is 266 g/mol. The lowest BCUT2D eigenvalue weighted by atomic mass is 9.86. The average Bonchev–Trinajstić information content (AvgIpc) is 2.93. The van der Waals surface area contributed by atoms with E-state index in [1.807, 2.05) is 30.0 Å². The van der Waals surface area contributed by atoms with Gasteiger partial charge >= 0.3 is 0 Å². The second kappa shape index (κ2) is 5.84. The summed E-state index contributed by atoms with van der Waals surface area (Å²) in [5.74, 6) is 0.260. The van der Waals surface area contributed by atoms with Gasteiger partial charge in [-0.3, -0.25) is 9.78 Å². The number of pyridine rings is 1. The van der Waals surface area contributed by atoms with Crippen molar-refractivity contribution in [3.8, 4) is 0 Å². The number of rotatable bonds is 3. The minimum absolute atomic E-state index is 0.226. The van der Waals surface area contributed by atoms with Crippen molar-refractivity contribution in [1.29, 1.82) is 0 Å². The molecule has 1 spiro atoms. The molecule has 3 heterocycles. The maximum Gasteiger partial charge on any atom is 0.222 e. The van der Waals surface area contributed by atoms with Gasteiger partial charge in [0, 0.05) is 45.0 Å². The van der Waals surface area contributed by atoms with Crippen molar-refractivity contribution in [2.75, 3.05) is 13.1 Å². The highest BCUT2D eigenvalue weighted by molar-refractivity contribution is 6.00. The van der Waals surface area contributed by atoms with Crippen LogP contribution in [0.4, 0.5) is 0 Å². The van der Waals surface area contributed by atoms with Gasteiger partial charge in [0.15, 0.2) is 0 Å². The van der Waals surface area contributed by atoms with Gasteiger partial charge in [-0.15, -0.1) is 0 Å². The van der Waals surface area contributed by atoms with Crippen LogP contribution >= 0.6 is 0 Å². The van der Waals surface area contributed by atoms with Gasteiger partial charge in [-0.1, -0.05) is 18.1 Å². The summed E-state index contributed by atoms with van der Waals surface area (Å²) in [5.41, 5.74) is 1.58. The van der Waals surface area contributed by atoms with Crippen LogP contribution in [0.25, 0.3) is 0 Å². The van der Waals surface area contributed by atoms with E-state index in [0.29, 0.717) is 6.42 Å². The van der Waals surface area contributed by atoms with Crippen LogP contribution < -0.4 is 0 Å². The Labute approximate surface area is 125 Å². The predicted molar refractivity (Wildman–Crippen MR) is 79.9 cm³/mol. The van der Waals surface area contributed by atoms with E-state index < -0.39 is 0 Å². The Bertz CT molecular complexity index is 534. The third kappa shape index (κ3) is 2.91. The zero-order chi connectivity index (χ0) is 14.7. The number of likely N-dealkylation sites (tertiary alicyclic amines) is 1. The third-order valence-corrected chi connectivity index (χ3v) is 4.29. The highest BCUT2D eigenvalue weighted by Crippen LogP contribution is 2.35. The van der Waals surface area contributed by atoms with Crippen molar-refractivity contribution < 1.29 is 9.63 Å². The molecule has 1 aromatic heterocycles. The maximum atomic E-state index is 11.9. The zero-order valence-corrected chi connectivity index (χ0v) is 12.4. The Morgan fingerprint density at radius 1 is 1.38 bits per heavy atom. The lowest BCUT2D eigenvalue weighted by Gasteiger charge is -2.37. The summed E-state index contributed by atoms with van der Waals surface area (Å²) in [6, 6.07) is 5.82. The Kier molecular flexibility index (Phi) is 3.90. The smallest absolute Gasteiger partial charge is 0.222 e. The molecule has 5 nitrogen and oxygen atoms in total. The van der Waals surface area contributed by atoms with Gasteiger partial charge in [0.1, 0.15) is 11.3 Å². The number of carbonyl (C=O) groups excluding carboxylic acids is 1. The largest absolute Gasteiger partial charge is 0.388 e. The van der Waals surface area contributed by atoms with E-state index in [9.17, 15) is 4.79 Å². The van der Waals surface area contributed by atoms with E-state index >= 15 is 0 Å². The summed E-state index contributed by atoms with van der Waals surface area (Å²) in [6.07, 6.45) is 5.81. The number of hydrogen-bond donors (Lipinski definition) is 0. The van der Waals surface area contributed by atoms with Gasteiger partial charge < -0.3 is 9.74 Å². The lowest BCUT2D eigenvalue weighted by Crippen LogP contribution is -2.46. The first kappa shape index (κ1) is 14.0. The molecule has 0 saturated carbocycles. The van der Waals surface area contributed by atoms with Gasteiger partial charge in [0.05, 0.1) is 5.69 Å². The molecule has 1 fully saturated rings. The Morgan fingerprint density at radius 2 is 2.19 bits per heavy atom. The summed E-state index contributed by atoms with van der Waals surface area (Å²) < 4.78 is 0. The molecule has 0 aliphatic carbocycles. The molecule has 0 bridgehead atoms. The molecule has 0 aromatic carbocycles. The first-order chi connectivity index (χ1) is 10.2. The van der Waals surface area contributed by atoms with Crippen LogP contribution in [0.15, 0.2) is 29.6 Å². The van der Waals surface area contributed by atoms with Crippen LogP contribution in [0.5, 0.6) is 0 Å². The fourth-order valence-electron chi connectivity index (χ4n) is 3.00. The number of carbonyl (C=O) groups is 1. The van der Waals surface area contributed by atoms with Gasteiger partial charge in [-0.05, 0) is 18.6 Å². The average molecular weight is 287 g/mol. The molecule has 5 heteroatoms. The molecule has 112 valence electrons. The van der Waals surface area contributed by atoms with Crippen LogP contribution in [-0.4, -0.2) is 40.2 Å². The number of hydrogen-bond acceptors (Lipinski definition) is 4. The van der Waals surface area contributed by atoms with Crippen LogP contribution in [0.3, 0.4) is 0 Å². The first-order valence-electron chi connectivity index (χ1n) is 7.67. The van der Waals surface area contributed by atoms with Crippen molar-refractivity contribution in [1.82, 2.24) is 9.88 Å². The Morgan fingerprint density at radius 3 is 2.86 bits per heavy atom. The summed E-state index contributed by atoms with van der Waals surface area (Å²) in [4.78, 5) is 24.0. The molecule has 0 atom stereocenters. The van der Waals surface area contributed by atoms with Crippen molar-refractivity contribution in [3.05, 3.63) is 30.1 Å². The maximum absolute atomic E-state index is 11.9. The monoisotopic (exact) mass is 287 g/mol. The summed E-state index contributed by atoms with van der Waals surface area (Å²) in [6.45, 7) is 3.57. The van der Waals surface area contributed by atoms with E-state index in [2.05, 4.69) is 10.1 Å². The third-order valence-electron chi connectivity index (χ3n) is 4.29. The number of amides is 1. The number of nitrogens with zero attached hydrogens (tertiary/aromatic N) is 3. The van der Waals surface area contributed by atoms with Crippen LogP contribution in [0.2, 0.25) is 0 Å². The van der Waals surface area contributed by atoms with E-state index in [1.165, 1.54) is 0 Å². The number of aromatic nitrogens is 1. The van der Waals surface area contributed by atoms with Crippen molar-refractivity contribution in [2.24, 2.45) is 5.16 Å². The molecule has 2 aliphatic heterocycles. The molecule has 0 radical (unpaired) electrons.